The third-order valence-corrected chi connectivity index (χ3v) is 9.99. The summed E-state index contributed by atoms with van der Waals surface area (Å²) < 4.78 is 12.7. The lowest BCUT2D eigenvalue weighted by molar-refractivity contribution is 0.0615. The van der Waals surface area contributed by atoms with Gasteiger partial charge in [0.2, 0.25) is 0 Å². The Morgan fingerprint density at radius 3 is 2.48 bits per heavy atom. The lowest BCUT2D eigenvalue weighted by Crippen LogP contribution is -2.37. The number of rotatable bonds is 6. The molecule has 6 rings (SSSR count). The summed E-state index contributed by atoms with van der Waals surface area (Å²) in [5.41, 5.74) is 4.52. The number of amides is 1. The van der Waals surface area contributed by atoms with E-state index in [9.17, 15) is 23.7 Å². The molecule has 2 atom stereocenters. The number of aryl methyl sites for hydroxylation is 1. The summed E-state index contributed by atoms with van der Waals surface area (Å²) in [5, 5.41) is 11.0. The summed E-state index contributed by atoms with van der Waals surface area (Å²) in [6, 6.07) is 23.4. The highest BCUT2D eigenvalue weighted by atomic mass is 35.5. The molecular weight excluding hydrogens is 593 g/mol. The second-order valence-electron chi connectivity index (χ2n) is 10.5. The smallest absolute Gasteiger partial charge is 0.336 e. The number of ketones is 1. The molecule has 9 heteroatoms. The van der Waals surface area contributed by atoms with Gasteiger partial charge in [0.05, 0.1) is 48.7 Å². The van der Waals surface area contributed by atoms with Gasteiger partial charge in [0.25, 0.3) is 5.91 Å². The van der Waals surface area contributed by atoms with Crippen LogP contribution >= 0.6 is 23.2 Å². The average molecular weight is 619 g/mol. The maximum absolute atomic E-state index is 14.5. The normalized spacial score (nSPS) is 17.4. The van der Waals surface area contributed by atoms with E-state index in [0.29, 0.717) is 16.5 Å². The monoisotopic (exact) mass is 617 g/mol. The van der Waals surface area contributed by atoms with Gasteiger partial charge in [-0.2, -0.15) is 0 Å². The third-order valence-electron chi connectivity index (χ3n) is 7.90. The lowest BCUT2D eigenvalue weighted by atomic mass is 9.86. The molecule has 4 aromatic carbocycles. The Morgan fingerprint density at radius 2 is 1.69 bits per heavy atom. The van der Waals surface area contributed by atoms with E-state index in [1.165, 1.54) is 12.1 Å². The summed E-state index contributed by atoms with van der Waals surface area (Å²) in [4.78, 5) is 41.1. The Hall–Kier alpha value is -3.78. The summed E-state index contributed by atoms with van der Waals surface area (Å²) in [6.07, 6.45) is 2.46. The van der Waals surface area contributed by atoms with E-state index in [1.54, 1.807) is 17.0 Å². The summed E-state index contributed by atoms with van der Waals surface area (Å²) in [6.45, 7) is 0.200. The van der Waals surface area contributed by atoms with Crippen molar-refractivity contribution >= 4 is 51.7 Å². The van der Waals surface area contributed by atoms with Gasteiger partial charge in [0, 0.05) is 12.1 Å². The predicted octanol–water partition coefficient (Wildman–Crippen LogP) is 7.38. The number of halogens is 2. The molecule has 212 valence electrons. The number of aromatic carboxylic acids is 1. The highest BCUT2D eigenvalue weighted by Gasteiger charge is 2.35. The highest BCUT2D eigenvalue weighted by molar-refractivity contribution is 7.86. The van der Waals surface area contributed by atoms with E-state index in [1.807, 2.05) is 48.5 Å². The Labute approximate surface area is 255 Å². The van der Waals surface area contributed by atoms with Crippen LogP contribution in [0.25, 0.3) is 11.1 Å². The third kappa shape index (κ3) is 5.28. The molecule has 1 unspecified atom stereocenters. The number of hydrogen-bond acceptors (Lipinski definition) is 4. The van der Waals surface area contributed by atoms with E-state index in [4.69, 9.17) is 23.2 Å². The molecule has 1 heterocycles. The number of carboxylic acids is 1. The Morgan fingerprint density at radius 1 is 0.905 bits per heavy atom. The minimum atomic E-state index is -1.63. The predicted molar refractivity (Wildman–Crippen MR) is 163 cm³/mol. The van der Waals surface area contributed by atoms with Crippen molar-refractivity contribution in [2.24, 2.45) is 0 Å². The van der Waals surface area contributed by atoms with Gasteiger partial charge in [-0.25, -0.2) is 4.79 Å². The fraction of sp³-hybridized carbons (Fsp3) is 0.182. The second kappa shape index (κ2) is 11.5. The van der Waals surface area contributed by atoms with Gasteiger partial charge in [-0.3, -0.25) is 13.8 Å². The summed E-state index contributed by atoms with van der Waals surface area (Å²) in [5.74, 6) is -2.42. The molecule has 0 fully saturated rings. The summed E-state index contributed by atoms with van der Waals surface area (Å²) >= 11 is 12.4. The first-order valence-electron chi connectivity index (χ1n) is 13.5. The van der Waals surface area contributed by atoms with Gasteiger partial charge in [-0.1, -0.05) is 71.7 Å². The first kappa shape index (κ1) is 28.3. The zero-order valence-electron chi connectivity index (χ0n) is 22.3. The Kier molecular flexibility index (Phi) is 7.75. The molecule has 1 aliphatic heterocycles. The molecule has 6 nitrogen and oxygen atoms in total. The first-order chi connectivity index (χ1) is 20.2. The minimum absolute atomic E-state index is 0.0759. The number of carboxylic acid groups (broad SMARTS) is 1. The van der Waals surface area contributed by atoms with Crippen LogP contribution in [0.4, 0.5) is 0 Å². The number of hydrogen-bond donors (Lipinski definition) is 1. The minimum Gasteiger partial charge on any atom is -0.478 e. The molecule has 2 aliphatic rings. The van der Waals surface area contributed by atoms with Crippen molar-refractivity contribution in [2.45, 2.75) is 36.7 Å². The number of carbonyl (C=O) groups excluding carboxylic acids is 2. The average Bonchev–Trinajstić information content (AvgIpc) is 3.28. The first-order valence-corrected chi connectivity index (χ1v) is 15.5. The number of fused-ring (bicyclic) bond motifs is 2. The van der Waals surface area contributed by atoms with Crippen molar-refractivity contribution in [3.8, 4) is 11.1 Å². The maximum Gasteiger partial charge on any atom is 0.336 e. The molecule has 0 bridgehead atoms. The van der Waals surface area contributed by atoms with Crippen LogP contribution in [0.2, 0.25) is 10.0 Å². The maximum atomic E-state index is 14.5. The van der Waals surface area contributed by atoms with E-state index in [-0.39, 0.29) is 45.7 Å². The van der Waals surface area contributed by atoms with E-state index in [0.717, 1.165) is 40.7 Å². The molecule has 0 spiro atoms. The van der Waals surface area contributed by atoms with Gasteiger partial charge in [0.15, 0.2) is 5.78 Å². The van der Waals surface area contributed by atoms with E-state index < -0.39 is 22.7 Å². The molecule has 42 heavy (non-hydrogen) atoms. The van der Waals surface area contributed by atoms with Crippen LogP contribution in [0, 0.1) is 0 Å². The van der Waals surface area contributed by atoms with Gasteiger partial charge < -0.3 is 10.0 Å². The Bertz CT molecular complexity index is 1800. The van der Waals surface area contributed by atoms with Crippen molar-refractivity contribution in [2.75, 3.05) is 5.75 Å². The Balaban J connectivity index is 1.46. The van der Waals surface area contributed by atoms with Crippen LogP contribution < -0.4 is 0 Å². The van der Waals surface area contributed by atoms with Crippen molar-refractivity contribution in [1.82, 2.24) is 4.90 Å². The molecule has 4 aromatic rings. The van der Waals surface area contributed by atoms with Crippen LogP contribution in [-0.4, -0.2) is 37.6 Å². The van der Waals surface area contributed by atoms with Crippen molar-refractivity contribution in [1.29, 1.82) is 0 Å². The van der Waals surface area contributed by atoms with Crippen LogP contribution in [0.3, 0.4) is 0 Å². The van der Waals surface area contributed by atoms with E-state index >= 15 is 0 Å². The molecule has 1 amide bonds. The van der Waals surface area contributed by atoms with E-state index in [2.05, 4.69) is 6.07 Å². The molecule has 1 N–H and O–H groups in total. The van der Waals surface area contributed by atoms with Gasteiger partial charge in [0.1, 0.15) is 0 Å². The van der Waals surface area contributed by atoms with Gasteiger partial charge in [-0.05, 0) is 77.4 Å². The number of Topliss-reactive ketones (excluding diaryl/α,β-unsaturated/α-hetero) is 1. The van der Waals surface area contributed by atoms with Crippen LogP contribution in [0.5, 0.6) is 0 Å². The quantitative estimate of drug-likeness (QED) is 0.244. The van der Waals surface area contributed by atoms with Crippen LogP contribution in [0.1, 0.15) is 66.6 Å². The molecular formula is C33H25Cl2NO5S. The van der Waals surface area contributed by atoms with Crippen molar-refractivity contribution in [3.05, 3.63) is 122 Å². The SMILES string of the molecule is O=C(O)c1cc2c(cc1C(=O)N(Cc1cccc(-c3ccc(Cl)c(Cl)c3)c1)[C@H]1CCCc3ccccc31)S(=O)CC2=O. The zero-order chi connectivity index (χ0) is 29.5. The summed E-state index contributed by atoms with van der Waals surface area (Å²) in [7, 11) is -1.63. The fourth-order valence-electron chi connectivity index (χ4n) is 5.87. The molecule has 0 saturated carbocycles. The van der Waals surface area contributed by atoms with Gasteiger partial charge >= 0.3 is 5.97 Å². The number of benzene rings is 4. The lowest BCUT2D eigenvalue weighted by Gasteiger charge is -2.36. The molecule has 0 aromatic heterocycles. The van der Waals surface area contributed by atoms with Crippen LogP contribution in [-0.2, 0) is 23.8 Å². The van der Waals surface area contributed by atoms with Gasteiger partial charge in [-0.15, -0.1) is 0 Å². The highest BCUT2D eigenvalue weighted by Crippen LogP contribution is 2.38. The number of nitrogens with zero attached hydrogens (tertiary/aromatic N) is 1. The number of carbonyl (C=O) groups is 3. The standard InChI is InChI=1S/C33H25Cl2NO5S/c34-27-12-11-22(14-28(27)35)21-8-3-5-19(13-21)17-36(29-10-4-7-20-6-1-2-9-23(20)29)32(38)24-16-31-26(15-25(24)33(39)40)30(37)18-42(31)41/h1-3,5-6,8-9,11-16,29H,4,7,10,17-18H2,(H,39,40)/t29-,42?/m0/s1. The molecule has 0 saturated heterocycles. The molecule has 0 radical (unpaired) electrons. The second-order valence-corrected chi connectivity index (χ2v) is 12.7. The van der Waals surface area contributed by atoms with Crippen LogP contribution in [0.15, 0.2) is 83.8 Å². The molecule has 1 aliphatic carbocycles. The fourth-order valence-corrected chi connectivity index (χ4v) is 7.38. The van der Waals surface area contributed by atoms with Crippen molar-refractivity contribution in [3.63, 3.8) is 0 Å². The zero-order valence-corrected chi connectivity index (χ0v) is 24.6. The largest absolute Gasteiger partial charge is 0.478 e. The van der Waals surface area contributed by atoms with Crippen molar-refractivity contribution < 1.29 is 23.7 Å². The topological polar surface area (TPSA) is 91.8 Å².